The van der Waals surface area contributed by atoms with Gasteiger partial charge in [-0.15, -0.1) is 0 Å². The van der Waals surface area contributed by atoms with Crippen LogP contribution < -0.4 is 10.6 Å². The van der Waals surface area contributed by atoms with Gasteiger partial charge < -0.3 is 10.6 Å². The number of nitrogens with zero attached hydrogens (tertiary/aromatic N) is 1. The standard InChI is InChI=1S/C11H15F3N2/c1-16(2)10-4-3-8(5-9(10)12)6-11(13,14)7-15/h3-5H,6-7,15H2,1-2H3. The third-order valence-corrected chi connectivity index (χ3v) is 2.26. The average Bonchev–Trinajstić information content (AvgIpc) is 2.16. The lowest BCUT2D eigenvalue weighted by Crippen LogP contribution is -2.30. The maximum Gasteiger partial charge on any atom is 0.264 e. The second kappa shape index (κ2) is 4.74. The smallest absolute Gasteiger partial charge is 0.264 e. The minimum Gasteiger partial charge on any atom is -0.375 e. The topological polar surface area (TPSA) is 29.3 Å². The quantitative estimate of drug-likeness (QED) is 0.860. The molecule has 0 radical (unpaired) electrons. The van der Waals surface area contributed by atoms with Gasteiger partial charge in [-0.1, -0.05) is 6.07 Å². The molecule has 0 aliphatic rings. The van der Waals surface area contributed by atoms with E-state index < -0.39 is 24.7 Å². The van der Waals surface area contributed by atoms with E-state index in [1.165, 1.54) is 12.1 Å². The molecule has 0 saturated carbocycles. The van der Waals surface area contributed by atoms with Crippen molar-refractivity contribution in [1.29, 1.82) is 0 Å². The van der Waals surface area contributed by atoms with Gasteiger partial charge in [0.25, 0.3) is 5.92 Å². The molecule has 0 unspecified atom stereocenters. The zero-order valence-corrected chi connectivity index (χ0v) is 9.30. The number of benzene rings is 1. The third-order valence-electron chi connectivity index (χ3n) is 2.26. The summed E-state index contributed by atoms with van der Waals surface area (Å²) in [7, 11) is 3.37. The van der Waals surface area contributed by atoms with Gasteiger partial charge in [0, 0.05) is 20.5 Å². The summed E-state index contributed by atoms with van der Waals surface area (Å²) >= 11 is 0. The number of nitrogens with two attached hydrogens (primary N) is 1. The molecule has 0 aromatic heterocycles. The van der Waals surface area contributed by atoms with Gasteiger partial charge in [0.15, 0.2) is 0 Å². The lowest BCUT2D eigenvalue weighted by atomic mass is 10.1. The molecule has 0 amide bonds. The molecule has 0 spiro atoms. The first kappa shape index (κ1) is 12.8. The molecule has 1 aromatic carbocycles. The fourth-order valence-corrected chi connectivity index (χ4v) is 1.39. The van der Waals surface area contributed by atoms with Crippen molar-refractivity contribution in [2.75, 3.05) is 25.5 Å². The highest BCUT2D eigenvalue weighted by Crippen LogP contribution is 2.23. The molecule has 0 bridgehead atoms. The molecule has 1 aromatic rings. The van der Waals surface area contributed by atoms with Crippen LogP contribution in [-0.4, -0.2) is 26.6 Å². The van der Waals surface area contributed by atoms with Gasteiger partial charge in [0.1, 0.15) is 5.82 Å². The molecule has 16 heavy (non-hydrogen) atoms. The van der Waals surface area contributed by atoms with Crippen molar-refractivity contribution in [3.05, 3.63) is 29.6 Å². The molecule has 2 N–H and O–H groups in total. The highest BCUT2D eigenvalue weighted by Gasteiger charge is 2.27. The Kier molecular flexibility index (Phi) is 3.80. The highest BCUT2D eigenvalue weighted by molar-refractivity contribution is 5.47. The second-order valence-corrected chi connectivity index (χ2v) is 3.92. The van der Waals surface area contributed by atoms with E-state index >= 15 is 0 Å². The molecule has 0 aliphatic heterocycles. The van der Waals surface area contributed by atoms with Gasteiger partial charge in [0.2, 0.25) is 0 Å². The largest absolute Gasteiger partial charge is 0.375 e. The fourth-order valence-electron chi connectivity index (χ4n) is 1.39. The Morgan fingerprint density at radius 3 is 2.38 bits per heavy atom. The van der Waals surface area contributed by atoms with E-state index in [2.05, 4.69) is 0 Å². The zero-order chi connectivity index (χ0) is 12.3. The molecule has 0 atom stereocenters. The van der Waals surface area contributed by atoms with Crippen LogP contribution in [0.4, 0.5) is 18.9 Å². The summed E-state index contributed by atoms with van der Waals surface area (Å²) in [5, 5.41) is 0. The summed E-state index contributed by atoms with van der Waals surface area (Å²) in [4.78, 5) is 1.58. The Labute approximate surface area is 92.9 Å². The Bertz CT molecular complexity index is 364. The molecule has 0 aliphatic carbocycles. The first-order chi connectivity index (χ1) is 7.35. The lowest BCUT2D eigenvalue weighted by molar-refractivity contribution is 0.0114. The van der Waals surface area contributed by atoms with Crippen LogP contribution in [0.25, 0.3) is 0 Å². The van der Waals surface area contributed by atoms with Gasteiger partial charge in [-0.3, -0.25) is 0 Å². The minimum atomic E-state index is -2.98. The molecule has 2 nitrogen and oxygen atoms in total. The van der Waals surface area contributed by atoms with Crippen molar-refractivity contribution in [1.82, 2.24) is 0 Å². The molecule has 90 valence electrons. The Morgan fingerprint density at radius 1 is 1.31 bits per heavy atom. The van der Waals surface area contributed by atoms with Crippen molar-refractivity contribution in [3.63, 3.8) is 0 Å². The van der Waals surface area contributed by atoms with E-state index in [1.807, 2.05) is 0 Å². The summed E-state index contributed by atoms with van der Waals surface area (Å²) in [6.45, 7) is -0.732. The van der Waals surface area contributed by atoms with E-state index in [4.69, 9.17) is 5.73 Å². The summed E-state index contributed by atoms with van der Waals surface area (Å²) in [6.07, 6.45) is -0.534. The Hall–Kier alpha value is -1.23. The van der Waals surface area contributed by atoms with E-state index in [1.54, 1.807) is 19.0 Å². The van der Waals surface area contributed by atoms with Crippen LogP contribution in [0.1, 0.15) is 5.56 Å². The number of hydrogen-bond donors (Lipinski definition) is 1. The number of alkyl halides is 2. The van der Waals surface area contributed by atoms with E-state index in [9.17, 15) is 13.2 Å². The predicted molar refractivity (Wildman–Crippen MR) is 58.4 cm³/mol. The monoisotopic (exact) mass is 232 g/mol. The number of rotatable bonds is 4. The van der Waals surface area contributed by atoms with E-state index in [0.717, 1.165) is 6.07 Å². The molecule has 5 heteroatoms. The fraction of sp³-hybridized carbons (Fsp3) is 0.455. The lowest BCUT2D eigenvalue weighted by Gasteiger charge is -2.16. The van der Waals surface area contributed by atoms with Gasteiger partial charge in [-0.2, -0.15) is 0 Å². The molecule has 1 rings (SSSR count). The van der Waals surface area contributed by atoms with Crippen LogP contribution in [-0.2, 0) is 6.42 Å². The van der Waals surface area contributed by atoms with Crippen LogP contribution in [0.15, 0.2) is 18.2 Å². The van der Waals surface area contributed by atoms with Gasteiger partial charge in [-0.05, 0) is 17.7 Å². The summed E-state index contributed by atoms with van der Waals surface area (Å²) in [5.41, 5.74) is 5.54. The number of halogens is 3. The molecule has 0 heterocycles. The first-order valence-electron chi connectivity index (χ1n) is 4.89. The number of hydrogen-bond acceptors (Lipinski definition) is 2. The second-order valence-electron chi connectivity index (χ2n) is 3.92. The maximum absolute atomic E-state index is 13.5. The van der Waals surface area contributed by atoms with Crippen molar-refractivity contribution >= 4 is 5.69 Å². The third kappa shape index (κ3) is 3.13. The highest BCUT2D eigenvalue weighted by atomic mass is 19.3. The van der Waals surface area contributed by atoms with Gasteiger partial charge in [0.05, 0.1) is 12.2 Å². The minimum absolute atomic E-state index is 0.249. The van der Waals surface area contributed by atoms with Crippen molar-refractivity contribution in [2.24, 2.45) is 5.73 Å². The van der Waals surface area contributed by atoms with Crippen molar-refractivity contribution in [3.8, 4) is 0 Å². The van der Waals surface area contributed by atoms with Crippen molar-refractivity contribution in [2.45, 2.75) is 12.3 Å². The van der Waals surface area contributed by atoms with Crippen LogP contribution in [0.2, 0.25) is 0 Å². The van der Waals surface area contributed by atoms with Crippen LogP contribution in [0.3, 0.4) is 0 Å². The Morgan fingerprint density at radius 2 is 1.94 bits per heavy atom. The van der Waals surface area contributed by atoms with E-state index in [0.29, 0.717) is 5.69 Å². The van der Waals surface area contributed by atoms with E-state index in [-0.39, 0.29) is 5.56 Å². The zero-order valence-electron chi connectivity index (χ0n) is 9.30. The normalized spacial score (nSPS) is 11.6. The molecular weight excluding hydrogens is 217 g/mol. The molecular formula is C11H15F3N2. The van der Waals surface area contributed by atoms with Gasteiger partial charge >= 0.3 is 0 Å². The summed E-state index contributed by atoms with van der Waals surface area (Å²) < 4.78 is 39.4. The first-order valence-corrected chi connectivity index (χ1v) is 4.89. The number of anilines is 1. The SMILES string of the molecule is CN(C)c1ccc(CC(F)(F)CN)cc1F. The summed E-state index contributed by atoms with van der Waals surface area (Å²) in [5.74, 6) is -3.48. The van der Waals surface area contributed by atoms with Crippen LogP contribution in [0, 0.1) is 5.82 Å². The van der Waals surface area contributed by atoms with Crippen LogP contribution >= 0.6 is 0 Å². The van der Waals surface area contributed by atoms with Gasteiger partial charge in [-0.25, -0.2) is 13.2 Å². The van der Waals surface area contributed by atoms with Crippen molar-refractivity contribution < 1.29 is 13.2 Å². The maximum atomic E-state index is 13.5. The van der Waals surface area contributed by atoms with Crippen LogP contribution in [0.5, 0.6) is 0 Å². The average molecular weight is 232 g/mol. The summed E-state index contributed by atoms with van der Waals surface area (Å²) in [6, 6.07) is 4.10. The predicted octanol–water partition coefficient (Wildman–Crippen LogP) is 2.03. The molecule has 0 saturated heterocycles. The Balaban J connectivity index is 2.90. The molecule has 0 fully saturated rings.